The van der Waals surface area contributed by atoms with Gasteiger partial charge in [0.1, 0.15) is 0 Å². The van der Waals surface area contributed by atoms with Gasteiger partial charge in [-0.2, -0.15) is 0 Å². The predicted molar refractivity (Wildman–Crippen MR) is 88.0 cm³/mol. The zero-order valence-corrected chi connectivity index (χ0v) is 13.7. The molecule has 1 fully saturated rings. The molecule has 22 heavy (non-hydrogen) atoms. The number of unbranched alkanes of at least 4 members (excludes halogenated alkanes) is 1. The first-order chi connectivity index (χ1) is 10.6. The second kappa shape index (κ2) is 8.18. The smallest absolute Gasteiger partial charge is 0.251 e. The van der Waals surface area contributed by atoms with Gasteiger partial charge in [0.2, 0.25) is 5.91 Å². The average Bonchev–Trinajstić information content (AvgIpc) is 2.54. The van der Waals surface area contributed by atoms with Crippen molar-refractivity contribution in [1.29, 1.82) is 0 Å². The monoisotopic (exact) mass is 322 g/mol. The van der Waals surface area contributed by atoms with E-state index in [-0.39, 0.29) is 17.9 Å². The lowest BCUT2D eigenvalue weighted by Crippen LogP contribution is -2.46. The molecule has 2 rings (SSSR count). The zero-order valence-electron chi connectivity index (χ0n) is 13.0. The van der Waals surface area contributed by atoms with E-state index < -0.39 is 0 Å². The van der Waals surface area contributed by atoms with Crippen molar-refractivity contribution in [2.45, 2.75) is 45.1 Å². The second-order valence-electron chi connectivity index (χ2n) is 5.74. The summed E-state index contributed by atoms with van der Waals surface area (Å²) in [5.74, 6) is 0.164. The van der Waals surface area contributed by atoms with E-state index in [9.17, 15) is 9.59 Å². The van der Waals surface area contributed by atoms with Gasteiger partial charge in [-0.05, 0) is 43.5 Å². The van der Waals surface area contributed by atoms with Gasteiger partial charge in [-0.25, -0.2) is 0 Å². The Morgan fingerprint density at radius 2 is 1.86 bits per heavy atom. The lowest BCUT2D eigenvalue weighted by molar-refractivity contribution is -0.132. The van der Waals surface area contributed by atoms with Gasteiger partial charge in [-0.1, -0.05) is 24.9 Å². The number of amides is 2. The minimum atomic E-state index is -0.0765. The maximum Gasteiger partial charge on any atom is 0.251 e. The number of hydrogen-bond donors (Lipinski definition) is 1. The summed E-state index contributed by atoms with van der Waals surface area (Å²) in [6.45, 7) is 3.55. The molecule has 0 atom stereocenters. The van der Waals surface area contributed by atoms with Crippen molar-refractivity contribution in [3.05, 3.63) is 34.9 Å². The number of benzene rings is 1. The molecule has 0 spiro atoms. The summed E-state index contributed by atoms with van der Waals surface area (Å²) in [6.07, 6.45) is 4.26. The number of carbonyl (C=O) groups is 2. The van der Waals surface area contributed by atoms with E-state index in [1.807, 2.05) is 4.90 Å². The molecule has 120 valence electrons. The Labute approximate surface area is 136 Å². The molecule has 1 aromatic rings. The summed E-state index contributed by atoms with van der Waals surface area (Å²) in [6, 6.07) is 7.01. The van der Waals surface area contributed by atoms with Crippen molar-refractivity contribution in [3.8, 4) is 0 Å². The van der Waals surface area contributed by atoms with Crippen LogP contribution in [0.15, 0.2) is 24.3 Å². The third kappa shape index (κ3) is 4.73. The summed E-state index contributed by atoms with van der Waals surface area (Å²) in [5, 5.41) is 3.66. The topological polar surface area (TPSA) is 49.4 Å². The van der Waals surface area contributed by atoms with Crippen molar-refractivity contribution < 1.29 is 9.59 Å². The van der Waals surface area contributed by atoms with Crippen molar-refractivity contribution in [3.63, 3.8) is 0 Å². The number of carbonyl (C=O) groups excluding carboxylic acids is 2. The second-order valence-corrected chi connectivity index (χ2v) is 6.18. The van der Waals surface area contributed by atoms with Crippen molar-refractivity contribution in [2.75, 3.05) is 13.1 Å². The molecule has 0 aliphatic carbocycles. The molecule has 0 bridgehead atoms. The highest BCUT2D eigenvalue weighted by molar-refractivity contribution is 6.30. The molecule has 1 aliphatic rings. The van der Waals surface area contributed by atoms with Gasteiger partial charge in [-0.3, -0.25) is 9.59 Å². The first-order valence-electron chi connectivity index (χ1n) is 7.94. The SMILES string of the molecule is CCCCC(=O)N1CCC(NC(=O)c2ccc(Cl)cc2)CC1. The van der Waals surface area contributed by atoms with Crippen molar-refractivity contribution >= 4 is 23.4 Å². The summed E-state index contributed by atoms with van der Waals surface area (Å²) in [7, 11) is 0. The number of likely N-dealkylation sites (tertiary alicyclic amines) is 1. The molecule has 1 N–H and O–H groups in total. The van der Waals surface area contributed by atoms with Crippen LogP contribution in [0, 0.1) is 0 Å². The predicted octanol–water partition coefficient (Wildman–Crippen LogP) is 3.25. The normalized spacial score (nSPS) is 15.6. The van der Waals surface area contributed by atoms with Crippen LogP contribution in [0.2, 0.25) is 5.02 Å². The zero-order chi connectivity index (χ0) is 15.9. The lowest BCUT2D eigenvalue weighted by Gasteiger charge is -2.32. The van der Waals surface area contributed by atoms with Crippen molar-refractivity contribution in [1.82, 2.24) is 10.2 Å². The highest BCUT2D eigenvalue weighted by atomic mass is 35.5. The third-order valence-corrected chi connectivity index (χ3v) is 4.29. The standard InChI is InChI=1S/C17H23ClN2O2/c1-2-3-4-16(21)20-11-9-15(10-12-20)19-17(22)13-5-7-14(18)8-6-13/h5-8,15H,2-4,9-12H2,1H3,(H,19,22). The molecule has 1 aliphatic heterocycles. The molecule has 5 heteroatoms. The number of hydrogen-bond acceptors (Lipinski definition) is 2. The van der Waals surface area contributed by atoms with Crippen LogP contribution in [0.4, 0.5) is 0 Å². The van der Waals surface area contributed by atoms with Gasteiger partial charge in [-0.15, -0.1) is 0 Å². The van der Waals surface area contributed by atoms with Gasteiger partial charge >= 0.3 is 0 Å². The summed E-state index contributed by atoms with van der Waals surface area (Å²) in [4.78, 5) is 26.0. The molecular weight excluding hydrogens is 300 g/mol. The molecule has 0 saturated carbocycles. The van der Waals surface area contributed by atoms with Crippen LogP contribution >= 0.6 is 11.6 Å². The fourth-order valence-electron chi connectivity index (χ4n) is 2.63. The molecule has 1 aromatic carbocycles. The Hall–Kier alpha value is -1.55. The van der Waals surface area contributed by atoms with Gasteiger partial charge in [0.15, 0.2) is 0 Å². The Morgan fingerprint density at radius 3 is 2.45 bits per heavy atom. The molecule has 2 amide bonds. The molecule has 0 aromatic heterocycles. The van der Waals surface area contributed by atoms with Crippen LogP contribution in [0.25, 0.3) is 0 Å². The highest BCUT2D eigenvalue weighted by Gasteiger charge is 2.23. The fourth-order valence-corrected chi connectivity index (χ4v) is 2.76. The number of piperidine rings is 1. The van der Waals surface area contributed by atoms with Gasteiger partial charge in [0, 0.05) is 36.1 Å². The fraction of sp³-hybridized carbons (Fsp3) is 0.529. The van der Waals surface area contributed by atoms with Gasteiger partial charge in [0.05, 0.1) is 0 Å². The van der Waals surface area contributed by atoms with Crippen LogP contribution in [0.1, 0.15) is 49.4 Å². The molecule has 4 nitrogen and oxygen atoms in total. The van der Waals surface area contributed by atoms with Crippen LogP contribution in [0.3, 0.4) is 0 Å². The van der Waals surface area contributed by atoms with E-state index in [1.165, 1.54) is 0 Å². The number of nitrogens with one attached hydrogen (secondary N) is 1. The summed E-state index contributed by atoms with van der Waals surface area (Å²) < 4.78 is 0. The molecule has 1 heterocycles. The third-order valence-electron chi connectivity index (χ3n) is 4.03. The van der Waals surface area contributed by atoms with Gasteiger partial charge in [0.25, 0.3) is 5.91 Å². The van der Waals surface area contributed by atoms with E-state index in [2.05, 4.69) is 12.2 Å². The summed E-state index contributed by atoms with van der Waals surface area (Å²) >= 11 is 5.82. The minimum absolute atomic E-state index is 0.0765. The van der Waals surface area contributed by atoms with Crippen LogP contribution in [-0.2, 0) is 4.79 Å². The largest absolute Gasteiger partial charge is 0.349 e. The molecule has 1 saturated heterocycles. The average molecular weight is 323 g/mol. The molecular formula is C17H23ClN2O2. The first kappa shape index (κ1) is 16.8. The minimum Gasteiger partial charge on any atom is -0.349 e. The number of rotatable bonds is 5. The summed E-state index contributed by atoms with van der Waals surface area (Å²) in [5.41, 5.74) is 0.617. The van der Waals surface area contributed by atoms with Crippen LogP contribution < -0.4 is 5.32 Å². The number of halogens is 1. The quantitative estimate of drug-likeness (QED) is 0.904. The Morgan fingerprint density at radius 1 is 1.23 bits per heavy atom. The Balaban J connectivity index is 1.78. The van der Waals surface area contributed by atoms with E-state index >= 15 is 0 Å². The maximum atomic E-state index is 12.1. The Kier molecular flexibility index (Phi) is 6.25. The maximum absolute atomic E-state index is 12.1. The van der Waals surface area contributed by atoms with Gasteiger partial charge < -0.3 is 10.2 Å². The van der Waals surface area contributed by atoms with Crippen molar-refractivity contribution in [2.24, 2.45) is 0 Å². The molecule has 0 radical (unpaired) electrons. The Bertz CT molecular complexity index is 508. The van der Waals surface area contributed by atoms with E-state index in [0.717, 1.165) is 38.8 Å². The van der Waals surface area contributed by atoms with Crippen LogP contribution in [-0.4, -0.2) is 35.8 Å². The molecule has 0 unspecified atom stereocenters. The lowest BCUT2D eigenvalue weighted by atomic mass is 10.0. The highest BCUT2D eigenvalue weighted by Crippen LogP contribution is 2.14. The van der Waals surface area contributed by atoms with E-state index in [1.54, 1.807) is 24.3 Å². The first-order valence-corrected chi connectivity index (χ1v) is 8.32. The van der Waals surface area contributed by atoms with Crippen LogP contribution in [0.5, 0.6) is 0 Å². The van der Waals surface area contributed by atoms with E-state index in [0.29, 0.717) is 17.0 Å². The van der Waals surface area contributed by atoms with E-state index in [4.69, 9.17) is 11.6 Å². The number of nitrogens with zero attached hydrogens (tertiary/aromatic N) is 1.